The van der Waals surface area contributed by atoms with Crippen LogP contribution >= 0.6 is 43.5 Å². The van der Waals surface area contributed by atoms with Crippen LogP contribution in [0.5, 0.6) is 0 Å². The minimum absolute atomic E-state index is 0.237. The van der Waals surface area contributed by atoms with Crippen LogP contribution in [-0.2, 0) is 4.79 Å². The van der Waals surface area contributed by atoms with E-state index < -0.39 is 31.7 Å². The Balaban J connectivity index is 1.14. The van der Waals surface area contributed by atoms with Crippen LogP contribution in [0.1, 0.15) is 25.7 Å². The van der Waals surface area contributed by atoms with Gasteiger partial charge in [0.1, 0.15) is 11.6 Å². The lowest BCUT2D eigenvalue weighted by Gasteiger charge is -2.39. The van der Waals surface area contributed by atoms with Crippen LogP contribution in [0.15, 0.2) is 248 Å². The van der Waals surface area contributed by atoms with E-state index in [-0.39, 0.29) is 6.17 Å². The number of rotatable bonds is 25. The lowest BCUT2D eigenvalue weighted by atomic mass is 10.2. The molecule has 0 amide bonds. The molecule has 1 unspecified atom stereocenters. The highest BCUT2D eigenvalue weighted by molar-refractivity contribution is 7.74. The van der Waals surface area contributed by atoms with Crippen molar-refractivity contribution in [1.82, 2.24) is 9.32 Å². The van der Waals surface area contributed by atoms with Gasteiger partial charge in [-0.05, 0) is 130 Å². The average Bonchev–Trinajstić information content (AvgIpc) is 3.42. The monoisotopic (exact) mass is 996 g/mol. The quantitative estimate of drug-likeness (QED) is 0.0247. The molecule has 8 aromatic carbocycles. The Hall–Kier alpha value is -5.02. The number of nitrogens with zero attached hydrogens (tertiary/aromatic N) is 2. The van der Waals surface area contributed by atoms with Crippen LogP contribution in [0.3, 0.4) is 0 Å². The zero-order valence-electron chi connectivity index (χ0n) is 39.2. The molecule has 0 fully saturated rings. The molecule has 348 valence electrons. The molecule has 8 aromatic rings. The number of allylic oxidation sites excluding steroid dienone is 1. The smallest absolute Gasteiger partial charge is 0.145 e. The number of benzene rings is 8. The van der Waals surface area contributed by atoms with Crippen LogP contribution in [0, 0.1) is 0 Å². The second kappa shape index (κ2) is 27.4. The fourth-order valence-electron chi connectivity index (χ4n) is 9.05. The maximum Gasteiger partial charge on any atom is 0.145 e. The molecule has 0 spiro atoms. The number of carbonyl (C=O) groups excluding carboxylic acids is 1. The summed E-state index contributed by atoms with van der Waals surface area (Å²) in [6, 6.07) is 87.5. The number of halogens is 1. The second-order valence-electron chi connectivity index (χ2n) is 16.9. The Labute approximate surface area is 421 Å². The van der Waals surface area contributed by atoms with E-state index in [0.29, 0.717) is 25.2 Å². The fraction of sp³-hybridized carbons (Fsp3) is 0.180. The van der Waals surface area contributed by atoms with Gasteiger partial charge in [-0.1, -0.05) is 243 Å². The third kappa shape index (κ3) is 14.5. The highest BCUT2D eigenvalue weighted by Gasteiger charge is 2.30. The predicted molar refractivity (Wildman–Crippen MR) is 306 cm³/mol. The zero-order chi connectivity index (χ0) is 47.3. The van der Waals surface area contributed by atoms with Gasteiger partial charge in [0, 0.05) is 19.5 Å². The second-order valence-corrected chi connectivity index (χ2v) is 26.7. The van der Waals surface area contributed by atoms with Crippen molar-refractivity contribution in [1.29, 1.82) is 0 Å². The fourth-order valence-corrected chi connectivity index (χ4v) is 18.7. The third-order valence-corrected chi connectivity index (χ3v) is 23.1. The molecule has 0 saturated heterocycles. The van der Waals surface area contributed by atoms with E-state index >= 15 is 0 Å². The molecule has 69 heavy (non-hydrogen) atoms. The zero-order valence-corrected chi connectivity index (χ0v) is 43.5. The summed E-state index contributed by atoms with van der Waals surface area (Å²) >= 11 is 7.85. The first-order valence-electron chi connectivity index (χ1n) is 24.1. The molecule has 0 heterocycles. The van der Waals surface area contributed by atoms with Gasteiger partial charge in [0.15, 0.2) is 0 Å². The van der Waals surface area contributed by atoms with Crippen molar-refractivity contribution in [2.75, 3.05) is 37.7 Å². The van der Waals surface area contributed by atoms with E-state index in [4.69, 9.17) is 11.8 Å². The first-order chi connectivity index (χ1) is 34.2. The van der Waals surface area contributed by atoms with Crippen LogP contribution in [0.4, 0.5) is 0 Å². The van der Waals surface area contributed by atoms with E-state index in [1.807, 2.05) is 0 Å². The Morgan fingerprint density at radius 3 is 0.928 bits per heavy atom. The van der Waals surface area contributed by atoms with Crippen LogP contribution in [0.2, 0.25) is 0 Å². The Kier molecular flexibility index (Phi) is 20.0. The van der Waals surface area contributed by atoms with Gasteiger partial charge < -0.3 is 4.90 Å². The van der Waals surface area contributed by atoms with Crippen molar-refractivity contribution < 1.29 is 4.79 Å². The Morgan fingerprint density at radius 1 is 0.377 bits per heavy atom. The van der Waals surface area contributed by atoms with Gasteiger partial charge >= 0.3 is 0 Å². The van der Waals surface area contributed by atoms with Crippen molar-refractivity contribution in [3.05, 3.63) is 248 Å². The van der Waals surface area contributed by atoms with E-state index in [2.05, 4.69) is 258 Å². The van der Waals surface area contributed by atoms with Crippen molar-refractivity contribution >= 4 is 91.8 Å². The summed E-state index contributed by atoms with van der Waals surface area (Å²) in [6.07, 6.45) is 6.71. The maximum atomic E-state index is 13.8. The summed E-state index contributed by atoms with van der Waals surface area (Å²) in [7, 11) is -2.67. The average molecular weight is 998 g/mol. The van der Waals surface area contributed by atoms with Crippen molar-refractivity contribution in [3.8, 4) is 0 Å². The molecule has 3 nitrogen and oxygen atoms in total. The molecular weight excluding hydrogens is 936 g/mol. The van der Waals surface area contributed by atoms with Gasteiger partial charge in [-0.15, -0.1) is 0 Å². The highest BCUT2D eigenvalue weighted by Crippen LogP contribution is 2.40. The van der Waals surface area contributed by atoms with Crippen molar-refractivity contribution in [2.24, 2.45) is 0 Å². The molecule has 0 bridgehead atoms. The molecule has 1 atom stereocenters. The van der Waals surface area contributed by atoms with E-state index in [1.165, 1.54) is 42.4 Å². The Bertz CT molecular complexity index is 2560. The lowest BCUT2D eigenvalue weighted by molar-refractivity contribution is 0.132. The molecule has 8 heteroatoms. The lowest BCUT2D eigenvalue weighted by Crippen LogP contribution is -2.46. The Morgan fingerprint density at radius 2 is 0.638 bits per heavy atom. The van der Waals surface area contributed by atoms with Gasteiger partial charge in [-0.2, -0.15) is 4.42 Å². The third-order valence-electron chi connectivity index (χ3n) is 12.4. The van der Waals surface area contributed by atoms with E-state index in [9.17, 15) is 4.79 Å². The SMILES string of the molecule is O=C=C(CCP(c1ccccc1)c1ccccc1)N(CCCP(c1ccccc1)c1ccccc1)C(CCP(c1ccccc1)c1ccccc1)N(Cl)CCCP(c1ccccc1)c1ccccc1. The number of hydrogen-bond donors (Lipinski definition) is 0. The molecular formula is C61H61ClN2OP4. The summed E-state index contributed by atoms with van der Waals surface area (Å²) in [6.45, 7) is 1.38. The minimum Gasteiger partial charge on any atom is -0.349 e. The van der Waals surface area contributed by atoms with E-state index in [0.717, 1.165) is 43.9 Å². The van der Waals surface area contributed by atoms with Crippen LogP contribution in [0.25, 0.3) is 0 Å². The van der Waals surface area contributed by atoms with Gasteiger partial charge in [0.2, 0.25) is 0 Å². The highest BCUT2D eigenvalue weighted by atomic mass is 35.5. The first kappa shape index (κ1) is 50.4. The normalized spacial score (nSPS) is 11.9. The summed E-state index contributed by atoms with van der Waals surface area (Å²) in [4.78, 5) is 16.2. The van der Waals surface area contributed by atoms with Crippen LogP contribution in [-0.4, -0.2) is 59.2 Å². The minimum atomic E-state index is -0.737. The maximum absolute atomic E-state index is 13.8. The molecule has 0 aliphatic heterocycles. The molecule has 8 rings (SSSR count). The largest absolute Gasteiger partial charge is 0.349 e. The molecule has 0 aromatic heterocycles. The molecule has 0 aliphatic carbocycles. The van der Waals surface area contributed by atoms with Gasteiger partial charge in [0.05, 0.1) is 6.17 Å². The van der Waals surface area contributed by atoms with Gasteiger partial charge in [-0.25, -0.2) is 4.79 Å². The molecule has 0 N–H and O–H groups in total. The summed E-state index contributed by atoms with van der Waals surface area (Å²) in [5.74, 6) is 2.60. The molecule has 0 aliphatic rings. The van der Waals surface area contributed by atoms with Crippen LogP contribution < -0.4 is 42.4 Å². The van der Waals surface area contributed by atoms with Gasteiger partial charge in [-0.3, -0.25) is 0 Å². The number of hydrogen-bond acceptors (Lipinski definition) is 3. The molecule has 0 radical (unpaired) electrons. The van der Waals surface area contributed by atoms with Gasteiger partial charge in [0.25, 0.3) is 0 Å². The molecule has 0 saturated carbocycles. The summed E-state index contributed by atoms with van der Waals surface area (Å²) in [5, 5.41) is 10.8. The first-order valence-corrected chi connectivity index (χ1v) is 30.5. The predicted octanol–water partition coefficient (Wildman–Crippen LogP) is 11.9. The summed E-state index contributed by atoms with van der Waals surface area (Å²) in [5.41, 5.74) is 0.716. The van der Waals surface area contributed by atoms with Crippen molar-refractivity contribution in [3.63, 3.8) is 0 Å². The summed E-state index contributed by atoms with van der Waals surface area (Å²) < 4.78 is 2.07. The standard InChI is InChI=1S/C61H61ClN2OP4/c62-64(46-26-48-67(55-31-13-3-14-32-55)56-33-15-4-16-34-56)61(44-50-69(59-39-21-7-22-40-59)60-41-23-8-24-42-60)63(45-25-47-66(53-27-9-1-10-28-53)54-29-11-2-12-30-54)52(51-65)43-49-68(57-35-17-5-18-36-57)58-37-19-6-20-38-58/h1-24,27-42,61H,25-26,43-50H2. The topological polar surface area (TPSA) is 23.6 Å². The van der Waals surface area contributed by atoms with Crippen molar-refractivity contribution in [2.45, 2.75) is 31.8 Å². The van der Waals surface area contributed by atoms with E-state index in [1.54, 1.807) is 0 Å².